The number of aliphatic hydroxyl groups excluding tert-OH is 1. The molecule has 4 rings (SSSR count). The van der Waals surface area contributed by atoms with Crippen molar-refractivity contribution in [2.24, 2.45) is 0 Å². The van der Waals surface area contributed by atoms with Gasteiger partial charge in [-0.15, -0.1) is 0 Å². The molecule has 0 bridgehead atoms. The van der Waals surface area contributed by atoms with Crippen molar-refractivity contribution < 1.29 is 9.84 Å². The molecule has 2 aliphatic rings. The van der Waals surface area contributed by atoms with Crippen LogP contribution in [-0.2, 0) is 0 Å². The summed E-state index contributed by atoms with van der Waals surface area (Å²) in [6.45, 7) is 2.09. The second-order valence-electron chi connectivity index (χ2n) is 7.35. The van der Waals surface area contributed by atoms with Gasteiger partial charge in [0.2, 0.25) is 0 Å². The van der Waals surface area contributed by atoms with Crippen molar-refractivity contribution in [1.29, 1.82) is 0 Å². The Labute approximate surface area is 160 Å². The SMILES string of the molecule is COc1ccccc1C1CCCN1c1cc(N2CCCCC2CO)ncn1. The molecule has 2 unspecified atom stereocenters. The second kappa shape index (κ2) is 8.13. The minimum absolute atomic E-state index is 0.157. The van der Waals surface area contributed by atoms with Crippen molar-refractivity contribution in [1.82, 2.24) is 9.97 Å². The van der Waals surface area contributed by atoms with E-state index in [0.717, 1.165) is 56.2 Å². The zero-order chi connectivity index (χ0) is 18.6. The summed E-state index contributed by atoms with van der Waals surface area (Å²) in [6, 6.07) is 10.8. The van der Waals surface area contributed by atoms with Crippen LogP contribution in [0.4, 0.5) is 11.6 Å². The lowest BCUT2D eigenvalue weighted by atomic mass is 10.0. The van der Waals surface area contributed by atoms with E-state index in [0.29, 0.717) is 0 Å². The number of anilines is 2. The van der Waals surface area contributed by atoms with Gasteiger partial charge in [-0.3, -0.25) is 0 Å². The Morgan fingerprint density at radius 3 is 2.63 bits per heavy atom. The zero-order valence-corrected chi connectivity index (χ0v) is 15.9. The number of aliphatic hydroxyl groups is 1. The summed E-state index contributed by atoms with van der Waals surface area (Å²) < 4.78 is 5.59. The summed E-state index contributed by atoms with van der Waals surface area (Å²) in [5, 5.41) is 9.74. The van der Waals surface area contributed by atoms with Crippen LogP contribution in [0.25, 0.3) is 0 Å². The maximum atomic E-state index is 9.74. The fraction of sp³-hybridized carbons (Fsp3) is 0.524. The Kier molecular flexibility index (Phi) is 5.43. The molecule has 0 spiro atoms. The van der Waals surface area contributed by atoms with Crippen LogP contribution in [0.1, 0.15) is 43.7 Å². The van der Waals surface area contributed by atoms with Crippen LogP contribution >= 0.6 is 0 Å². The van der Waals surface area contributed by atoms with Gasteiger partial charge in [0.25, 0.3) is 0 Å². The molecule has 27 heavy (non-hydrogen) atoms. The number of rotatable bonds is 5. The summed E-state index contributed by atoms with van der Waals surface area (Å²) in [7, 11) is 1.73. The molecule has 3 heterocycles. The average Bonchev–Trinajstić information content (AvgIpc) is 3.23. The van der Waals surface area contributed by atoms with Crippen LogP contribution in [0.2, 0.25) is 0 Å². The lowest BCUT2D eigenvalue weighted by Gasteiger charge is -2.36. The van der Waals surface area contributed by atoms with E-state index in [1.54, 1.807) is 13.4 Å². The number of para-hydroxylation sites is 1. The van der Waals surface area contributed by atoms with Crippen molar-refractivity contribution in [3.05, 3.63) is 42.2 Å². The highest BCUT2D eigenvalue weighted by Crippen LogP contribution is 2.39. The quantitative estimate of drug-likeness (QED) is 0.875. The van der Waals surface area contributed by atoms with Gasteiger partial charge in [-0.05, 0) is 38.2 Å². The number of ether oxygens (including phenoxy) is 1. The first-order chi connectivity index (χ1) is 13.3. The molecule has 2 saturated heterocycles. The molecule has 2 aliphatic heterocycles. The Balaban J connectivity index is 1.63. The monoisotopic (exact) mass is 368 g/mol. The average molecular weight is 368 g/mol. The van der Waals surface area contributed by atoms with E-state index in [4.69, 9.17) is 4.74 Å². The van der Waals surface area contributed by atoms with Crippen LogP contribution in [0.15, 0.2) is 36.7 Å². The third kappa shape index (κ3) is 3.58. The van der Waals surface area contributed by atoms with Crippen molar-refractivity contribution in [3.63, 3.8) is 0 Å². The third-order valence-corrected chi connectivity index (χ3v) is 5.82. The highest BCUT2D eigenvalue weighted by Gasteiger charge is 2.30. The van der Waals surface area contributed by atoms with Crippen LogP contribution < -0.4 is 14.5 Å². The largest absolute Gasteiger partial charge is 0.496 e. The highest BCUT2D eigenvalue weighted by atomic mass is 16.5. The Hall–Kier alpha value is -2.34. The molecule has 2 aromatic rings. The molecular weight excluding hydrogens is 340 g/mol. The molecule has 0 saturated carbocycles. The lowest BCUT2D eigenvalue weighted by Crippen LogP contribution is -2.42. The van der Waals surface area contributed by atoms with Gasteiger partial charge in [-0.25, -0.2) is 9.97 Å². The van der Waals surface area contributed by atoms with Crippen molar-refractivity contribution in [2.75, 3.05) is 36.6 Å². The number of hydrogen-bond acceptors (Lipinski definition) is 6. The maximum Gasteiger partial charge on any atom is 0.134 e. The lowest BCUT2D eigenvalue weighted by molar-refractivity contribution is 0.239. The molecule has 2 atom stereocenters. The van der Waals surface area contributed by atoms with Crippen LogP contribution in [-0.4, -0.2) is 47.9 Å². The minimum atomic E-state index is 0.157. The van der Waals surface area contributed by atoms with E-state index in [2.05, 4.69) is 38.0 Å². The predicted molar refractivity (Wildman–Crippen MR) is 106 cm³/mol. The Morgan fingerprint density at radius 2 is 1.81 bits per heavy atom. The Bertz CT molecular complexity index is 769. The molecule has 0 aliphatic carbocycles. The normalized spacial score (nSPS) is 22.9. The number of aromatic nitrogens is 2. The summed E-state index contributed by atoms with van der Waals surface area (Å²) in [6.07, 6.45) is 7.20. The van der Waals surface area contributed by atoms with Crippen molar-refractivity contribution in [3.8, 4) is 5.75 Å². The summed E-state index contributed by atoms with van der Waals surface area (Å²) >= 11 is 0. The number of hydrogen-bond donors (Lipinski definition) is 1. The van der Waals surface area contributed by atoms with Gasteiger partial charge < -0.3 is 19.6 Å². The Morgan fingerprint density at radius 1 is 1.04 bits per heavy atom. The molecule has 6 nitrogen and oxygen atoms in total. The second-order valence-corrected chi connectivity index (χ2v) is 7.35. The van der Waals surface area contributed by atoms with Gasteiger partial charge in [0.1, 0.15) is 23.7 Å². The van der Waals surface area contributed by atoms with E-state index in [1.165, 1.54) is 12.0 Å². The minimum Gasteiger partial charge on any atom is -0.496 e. The number of piperidine rings is 1. The van der Waals surface area contributed by atoms with Crippen LogP contribution in [0.3, 0.4) is 0 Å². The van der Waals surface area contributed by atoms with Crippen LogP contribution in [0, 0.1) is 0 Å². The van der Waals surface area contributed by atoms with E-state index >= 15 is 0 Å². The number of benzene rings is 1. The van der Waals surface area contributed by atoms with Gasteiger partial charge in [0.05, 0.1) is 25.8 Å². The smallest absolute Gasteiger partial charge is 0.134 e. The van der Waals surface area contributed by atoms with Gasteiger partial charge in [0, 0.05) is 24.7 Å². The zero-order valence-electron chi connectivity index (χ0n) is 15.9. The third-order valence-electron chi connectivity index (χ3n) is 5.82. The van der Waals surface area contributed by atoms with E-state index in [1.807, 2.05) is 12.1 Å². The fourth-order valence-corrected chi connectivity index (χ4v) is 4.45. The molecule has 2 fully saturated rings. The molecular formula is C21H28N4O2. The van der Waals surface area contributed by atoms with E-state index in [9.17, 15) is 5.11 Å². The first-order valence-corrected chi connectivity index (χ1v) is 9.91. The molecule has 6 heteroatoms. The fourth-order valence-electron chi connectivity index (χ4n) is 4.45. The van der Waals surface area contributed by atoms with Gasteiger partial charge in [0.15, 0.2) is 0 Å². The van der Waals surface area contributed by atoms with Gasteiger partial charge in [-0.2, -0.15) is 0 Å². The summed E-state index contributed by atoms with van der Waals surface area (Å²) in [5.41, 5.74) is 1.21. The summed E-state index contributed by atoms with van der Waals surface area (Å²) in [5.74, 6) is 2.81. The first-order valence-electron chi connectivity index (χ1n) is 9.91. The number of nitrogens with zero attached hydrogens (tertiary/aromatic N) is 4. The van der Waals surface area contributed by atoms with E-state index in [-0.39, 0.29) is 18.7 Å². The standard InChI is InChI=1S/C21H28N4O2/c1-27-19-10-3-2-8-17(19)18-9-6-12-25(18)21-13-20(22-15-23-21)24-11-5-4-7-16(24)14-26/h2-3,8,10,13,15-16,18,26H,4-7,9,11-12,14H2,1H3. The number of methoxy groups -OCH3 is 1. The van der Waals surface area contributed by atoms with Crippen molar-refractivity contribution >= 4 is 11.6 Å². The molecule has 0 radical (unpaired) electrons. The molecule has 1 N–H and O–H groups in total. The van der Waals surface area contributed by atoms with Gasteiger partial charge in [-0.1, -0.05) is 18.2 Å². The van der Waals surface area contributed by atoms with Crippen LogP contribution in [0.5, 0.6) is 5.75 Å². The van der Waals surface area contributed by atoms with E-state index < -0.39 is 0 Å². The van der Waals surface area contributed by atoms with Gasteiger partial charge >= 0.3 is 0 Å². The maximum absolute atomic E-state index is 9.74. The first kappa shape index (κ1) is 18.0. The highest BCUT2D eigenvalue weighted by molar-refractivity contribution is 5.54. The molecule has 144 valence electrons. The molecule has 0 amide bonds. The topological polar surface area (TPSA) is 61.7 Å². The summed E-state index contributed by atoms with van der Waals surface area (Å²) in [4.78, 5) is 13.7. The van der Waals surface area contributed by atoms with Crippen molar-refractivity contribution in [2.45, 2.75) is 44.2 Å². The predicted octanol–water partition coefficient (Wildman–Crippen LogP) is 3.18. The molecule has 1 aromatic carbocycles. The molecule has 1 aromatic heterocycles.